The van der Waals surface area contributed by atoms with E-state index in [2.05, 4.69) is 22.1 Å². The third-order valence-electron chi connectivity index (χ3n) is 5.31. The van der Waals surface area contributed by atoms with Crippen LogP contribution in [-0.4, -0.2) is 46.0 Å². The molecule has 1 N–H and O–H groups in total. The van der Waals surface area contributed by atoms with Crippen LogP contribution in [0.5, 0.6) is 5.75 Å². The second-order valence-corrected chi connectivity index (χ2v) is 9.09. The van der Waals surface area contributed by atoms with Crippen LogP contribution in [-0.2, 0) is 11.3 Å². The molecule has 4 rings (SSSR count). The molecule has 10 heteroatoms. The van der Waals surface area contributed by atoms with Gasteiger partial charge in [0.25, 0.3) is 5.91 Å². The van der Waals surface area contributed by atoms with E-state index in [1.165, 1.54) is 11.8 Å². The van der Waals surface area contributed by atoms with Crippen molar-refractivity contribution >= 4 is 40.9 Å². The number of anilines is 1. The van der Waals surface area contributed by atoms with E-state index in [1.807, 2.05) is 28.8 Å². The topological polar surface area (TPSA) is 89.4 Å². The van der Waals surface area contributed by atoms with Crippen molar-refractivity contribution in [3.8, 4) is 11.4 Å². The molecule has 1 fully saturated rings. The number of carbonyl (C=O) groups is 2. The summed E-state index contributed by atoms with van der Waals surface area (Å²) in [6.07, 6.45) is 1.42. The standard InChI is InChI=1S/C24H24ClN5O3S/c1-16(25)15-34-24-28-27-21(30(24)19-9-11-20(33-2)12-10-19)14-26-23(32)17-5-7-18(8-6-17)29-13-3-4-22(29)31/h5-12H,1,3-4,13-15H2,2H3,(H,26,32). The van der Waals surface area contributed by atoms with Gasteiger partial charge in [0.2, 0.25) is 5.91 Å². The Morgan fingerprint density at radius 1 is 1.15 bits per heavy atom. The molecule has 0 saturated carbocycles. The Morgan fingerprint density at radius 3 is 2.47 bits per heavy atom. The lowest BCUT2D eigenvalue weighted by Gasteiger charge is -2.16. The second-order valence-electron chi connectivity index (χ2n) is 7.62. The predicted molar refractivity (Wildman–Crippen MR) is 133 cm³/mol. The van der Waals surface area contributed by atoms with Gasteiger partial charge in [0.05, 0.1) is 13.7 Å². The first kappa shape index (κ1) is 23.8. The molecule has 176 valence electrons. The van der Waals surface area contributed by atoms with E-state index in [-0.39, 0.29) is 18.4 Å². The summed E-state index contributed by atoms with van der Waals surface area (Å²) in [6, 6.07) is 14.5. The van der Waals surface area contributed by atoms with Crippen LogP contribution in [0.1, 0.15) is 29.0 Å². The zero-order valence-electron chi connectivity index (χ0n) is 18.7. The number of aromatic nitrogens is 3. The number of amides is 2. The van der Waals surface area contributed by atoms with Crippen molar-refractivity contribution in [2.45, 2.75) is 24.5 Å². The normalized spacial score (nSPS) is 13.2. The van der Waals surface area contributed by atoms with Crippen molar-refractivity contribution in [3.63, 3.8) is 0 Å². The predicted octanol–water partition coefficient (Wildman–Crippen LogP) is 4.18. The summed E-state index contributed by atoms with van der Waals surface area (Å²) in [5, 5.41) is 12.6. The Morgan fingerprint density at radius 2 is 1.85 bits per heavy atom. The molecular formula is C24H24ClN5O3S. The van der Waals surface area contributed by atoms with Crippen LogP contribution in [0.15, 0.2) is 65.3 Å². The SMILES string of the molecule is C=C(Cl)CSc1nnc(CNC(=O)c2ccc(N3CCCC3=O)cc2)n1-c1ccc(OC)cc1. The van der Waals surface area contributed by atoms with E-state index in [1.54, 1.807) is 36.3 Å². The zero-order valence-corrected chi connectivity index (χ0v) is 20.2. The molecule has 3 aromatic rings. The first-order valence-electron chi connectivity index (χ1n) is 10.7. The number of methoxy groups -OCH3 is 1. The Kier molecular flexibility index (Phi) is 7.54. The molecule has 1 aromatic heterocycles. The highest BCUT2D eigenvalue weighted by Crippen LogP contribution is 2.26. The van der Waals surface area contributed by atoms with Crippen LogP contribution in [0, 0.1) is 0 Å². The number of nitrogens with one attached hydrogen (secondary N) is 1. The van der Waals surface area contributed by atoms with Crippen molar-refractivity contribution < 1.29 is 14.3 Å². The van der Waals surface area contributed by atoms with Gasteiger partial charge in [-0.15, -0.1) is 10.2 Å². The highest BCUT2D eigenvalue weighted by molar-refractivity contribution is 7.99. The van der Waals surface area contributed by atoms with Crippen LogP contribution in [0.3, 0.4) is 0 Å². The molecule has 2 heterocycles. The first-order valence-corrected chi connectivity index (χ1v) is 12.1. The Hall–Kier alpha value is -3.30. The summed E-state index contributed by atoms with van der Waals surface area (Å²) in [4.78, 5) is 26.4. The zero-order chi connectivity index (χ0) is 24.1. The van der Waals surface area contributed by atoms with E-state index in [0.717, 1.165) is 23.5 Å². The average molecular weight is 498 g/mol. The molecule has 0 aliphatic carbocycles. The number of thioether (sulfide) groups is 1. The molecule has 0 atom stereocenters. The molecule has 1 saturated heterocycles. The third kappa shape index (κ3) is 5.43. The van der Waals surface area contributed by atoms with Crippen molar-refractivity contribution in [2.24, 2.45) is 0 Å². The first-order chi connectivity index (χ1) is 16.5. The maximum atomic E-state index is 12.8. The van der Waals surface area contributed by atoms with Crippen LogP contribution in [0.2, 0.25) is 0 Å². The van der Waals surface area contributed by atoms with Gasteiger partial charge < -0.3 is 15.0 Å². The Labute approximate surface area is 206 Å². The molecule has 0 spiro atoms. The van der Waals surface area contributed by atoms with E-state index < -0.39 is 0 Å². The maximum Gasteiger partial charge on any atom is 0.251 e. The van der Waals surface area contributed by atoms with Gasteiger partial charge in [-0.2, -0.15) is 0 Å². The molecule has 1 aliphatic heterocycles. The molecule has 2 aromatic carbocycles. The van der Waals surface area contributed by atoms with Crippen molar-refractivity contribution in [1.82, 2.24) is 20.1 Å². The number of nitrogens with zero attached hydrogens (tertiary/aromatic N) is 4. The van der Waals surface area contributed by atoms with Gasteiger partial charge >= 0.3 is 0 Å². The van der Waals surface area contributed by atoms with E-state index in [4.69, 9.17) is 16.3 Å². The summed E-state index contributed by atoms with van der Waals surface area (Å²) in [5.41, 5.74) is 2.14. The lowest BCUT2D eigenvalue weighted by atomic mass is 10.2. The molecular weight excluding hydrogens is 474 g/mol. The quantitative estimate of drug-likeness (QED) is 0.446. The maximum absolute atomic E-state index is 12.8. The van der Waals surface area contributed by atoms with Gasteiger partial charge in [0.1, 0.15) is 5.75 Å². The van der Waals surface area contributed by atoms with Gasteiger partial charge in [-0.3, -0.25) is 14.2 Å². The largest absolute Gasteiger partial charge is 0.497 e. The minimum atomic E-state index is -0.244. The fourth-order valence-electron chi connectivity index (χ4n) is 3.62. The summed E-state index contributed by atoms with van der Waals surface area (Å²) < 4.78 is 7.11. The van der Waals surface area contributed by atoms with Crippen LogP contribution < -0.4 is 15.0 Å². The van der Waals surface area contributed by atoms with Crippen molar-refractivity contribution in [3.05, 3.63) is 71.5 Å². The molecule has 0 unspecified atom stereocenters. The van der Waals surface area contributed by atoms with Crippen molar-refractivity contribution in [1.29, 1.82) is 0 Å². The van der Waals surface area contributed by atoms with Gasteiger partial charge in [-0.1, -0.05) is 29.9 Å². The average Bonchev–Trinajstić information content (AvgIpc) is 3.47. The van der Waals surface area contributed by atoms with Gasteiger partial charge in [0.15, 0.2) is 11.0 Å². The summed E-state index contributed by atoms with van der Waals surface area (Å²) in [7, 11) is 1.61. The minimum Gasteiger partial charge on any atom is -0.497 e. The van der Waals surface area contributed by atoms with Gasteiger partial charge in [0, 0.05) is 40.7 Å². The van der Waals surface area contributed by atoms with E-state index in [0.29, 0.717) is 40.3 Å². The molecule has 8 nitrogen and oxygen atoms in total. The molecule has 0 bridgehead atoms. The second kappa shape index (κ2) is 10.8. The highest BCUT2D eigenvalue weighted by Gasteiger charge is 2.22. The number of halogens is 1. The lowest BCUT2D eigenvalue weighted by molar-refractivity contribution is -0.117. The Bertz CT molecular complexity index is 1190. The third-order valence-corrected chi connectivity index (χ3v) is 6.62. The highest BCUT2D eigenvalue weighted by atomic mass is 35.5. The number of benzene rings is 2. The van der Waals surface area contributed by atoms with Gasteiger partial charge in [-0.25, -0.2) is 0 Å². The van der Waals surface area contributed by atoms with Crippen LogP contribution in [0.4, 0.5) is 5.69 Å². The number of carbonyl (C=O) groups excluding carboxylic acids is 2. The van der Waals surface area contributed by atoms with E-state index >= 15 is 0 Å². The number of hydrogen-bond donors (Lipinski definition) is 1. The number of rotatable bonds is 9. The molecule has 0 radical (unpaired) electrons. The van der Waals surface area contributed by atoms with Crippen LogP contribution in [0.25, 0.3) is 5.69 Å². The molecule has 1 aliphatic rings. The molecule has 2 amide bonds. The fraction of sp³-hybridized carbons (Fsp3) is 0.250. The van der Waals surface area contributed by atoms with E-state index in [9.17, 15) is 9.59 Å². The molecule has 34 heavy (non-hydrogen) atoms. The monoisotopic (exact) mass is 497 g/mol. The summed E-state index contributed by atoms with van der Waals surface area (Å²) in [5.74, 6) is 1.65. The number of hydrogen-bond acceptors (Lipinski definition) is 6. The summed E-state index contributed by atoms with van der Waals surface area (Å²) >= 11 is 7.34. The number of ether oxygens (including phenoxy) is 1. The van der Waals surface area contributed by atoms with Crippen molar-refractivity contribution in [2.75, 3.05) is 24.3 Å². The van der Waals surface area contributed by atoms with Gasteiger partial charge in [-0.05, 0) is 55.0 Å². The Balaban J connectivity index is 1.49. The summed E-state index contributed by atoms with van der Waals surface area (Å²) in [6.45, 7) is 4.61. The van der Waals surface area contributed by atoms with Crippen LogP contribution >= 0.6 is 23.4 Å². The fourth-order valence-corrected chi connectivity index (χ4v) is 4.50. The minimum absolute atomic E-state index is 0.112. The lowest BCUT2D eigenvalue weighted by Crippen LogP contribution is -2.25. The smallest absolute Gasteiger partial charge is 0.251 e.